The minimum Gasteiger partial charge on any atom is -0.329 e. The Morgan fingerprint density at radius 3 is 2.41 bits per heavy atom. The Kier molecular flexibility index (Phi) is 7.82. The third-order valence-electron chi connectivity index (χ3n) is 5.37. The summed E-state index contributed by atoms with van der Waals surface area (Å²) in [6.45, 7) is 12.6. The van der Waals surface area contributed by atoms with Crippen molar-refractivity contribution in [3.63, 3.8) is 0 Å². The van der Waals surface area contributed by atoms with Crippen LogP contribution in [0.15, 0.2) is 54.6 Å². The lowest BCUT2D eigenvalue weighted by Crippen LogP contribution is -2.40. The normalized spacial score (nSPS) is 11.5. The van der Waals surface area contributed by atoms with Crippen LogP contribution in [-0.4, -0.2) is 39.6 Å². The van der Waals surface area contributed by atoms with Gasteiger partial charge in [0.15, 0.2) is 0 Å². The topological polar surface area (TPSA) is 67.2 Å². The van der Waals surface area contributed by atoms with Crippen LogP contribution in [0.4, 0.5) is 5.82 Å². The molecule has 3 rings (SSSR count). The quantitative estimate of drug-likeness (QED) is 0.460. The minimum absolute atomic E-state index is 0.0761. The van der Waals surface area contributed by atoms with E-state index in [9.17, 15) is 9.59 Å². The average Bonchev–Trinajstić information content (AvgIpc) is 3.16. The number of hydrogen-bond donors (Lipinski definition) is 1. The standard InChI is InChI=1S/C27H33ClN4O2/c1-18(2)16-31(26(34)20-11-9-12-21(28)14-20)17-25(33)29-24-15-23(27(4,5)6)30-32(24)22-13-8-7-10-19(22)3/h7-15,18H,16-17H2,1-6H3,(H,29,33). The predicted octanol–water partition coefficient (Wildman–Crippen LogP) is 5.87. The van der Waals surface area contributed by atoms with Crippen LogP contribution in [0, 0.1) is 12.8 Å². The van der Waals surface area contributed by atoms with Crippen LogP contribution >= 0.6 is 11.6 Å². The molecule has 1 aromatic heterocycles. The molecule has 0 radical (unpaired) electrons. The summed E-state index contributed by atoms with van der Waals surface area (Å²) in [5, 5.41) is 8.27. The fourth-order valence-corrected chi connectivity index (χ4v) is 3.83. The van der Waals surface area contributed by atoms with E-state index in [4.69, 9.17) is 16.7 Å². The minimum atomic E-state index is -0.286. The lowest BCUT2D eigenvalue weighted by Gasteiger charge is -2.24. The van der Waals surface area contributed by atoms with Gasteiger partial charge in [0.2, 0.25) is 5.91 Å². The van der Waals surface area contributed by atoms with Crippen molar-refractivity contribution in [2.75, 3.05) is 18.4 Å². The Hall–Kier alpha value is -3.12. The van der Waals surface area contributed by atoms with Crippen molar-refractivity contribution in [3.05, 3.63) is 76.4 Å². The maximum atomic E-state index is 13.2. The van der Waals surface area contributed by atoms with Gasteiger partial charge in [-0.25, -0.2) is 4.68 Å². The molecule has 0 saturated heterocycles. The molecule has 0 atom stereocenters. The van der Waals surface area contributed by atoms with Crippen molar-refractivity contribution >= 4 is 29.2 Å². The number of amides is 2. The van der Waals surface area contributed by atoms with E-state index in [0.29, 0.717) is 22.9 Å². The van der Waals surface area contributed by atoms with Gasteiger partial charge in [-0.05, 0) is 42.7 Å². The first kappa shape index (κ1) is 25.5. The number of anilines is 1. The maximum absolute atomic E-state index is 13.2. The number of halogens is 1. The van der Waals surface area contributed by atoms with Gasteiger partial charge < -0.3 is 10.2 Å². The summed E-state index contributed by atoms with van der Waals surface area (Å²) in [5.41, 5.74) is 3.06. The highest BCUT2D eigenvalue weighted by molar-refractivity contribution is 6.31. The second-order valence-electron chi connectivity index (χ2n) is 10.0. The van der Waals surface area contributed by atoms with E-state index >= 15 is 0 Å². The lowest BCUT2D eigenvalue weighted by atomic mass is 9.92. The monoisotopic (exact) mass is 480 g/mol. The van der Waals surface area contributed by atoms with E-state index in [1.54, 1.807) is 33.8 Å². The zero-order chi connectivity index (χ0) is 25.0. The van der Waals surface area contributed by atoms with Gasteiger partial charge in [0.25, 0.3) is 5.91 Å². The number of aryl methyl sites for hydroxylation is 1. The maximum Gasteiger partial charge on any atom is 0.254 e. The molecular weight excluding hydrogens is 448 g/mol. The van der Waals surface area contributed by atoms with Gasteiger partial charge in [-0.15, -0.1) is 0 Å². The smallest absolute Gasteiger partial charge is 0.254 e. The molecule has 0 aliphatic heterocycles. The van der Waals surface area contributed by atoms with Crippen LogP contribution in [0.3, 0.4) is 0 Å². The molecule has 2 amide bonds. The molecule has 7 heteroatoms. The average molecular weight is 481 g/mol. The number of rotatable bonds is 7. The highest BCUT2D eigenvalue weighted by atomic mass is 35.5. The summed E-state index contributed by atoms with van der Waals surface area (Å²) in [6, 6.07) is 16.6. The fourth-order valence-electron chi connectivity index (χ4n) is 3.64. The Bertz CT molecular complexity index is 1180. The first-order chi connectivity index (χ1) is 16.0. The SMILES string of the molecule is Cc1ccccc1-n1nc(C(C)(C)C)cc1NC(=O)CN(CC(C)C)C(=O)c1cccc(Cl)c1. The fraction of sp³-hybridized carbons (Fsp3) is 0.370. The number of carbonyl (C=O) groups is 2. The summed E-state index contributed by atoms with van der Waals surface area (Å²) < 4.78 is 1.76. The summed E-state index contributed by atoms with van der Waals surface area (Å²) >= 11 is 6.08. The van der Waals surface area contributed by atoms with Crippen molar-refractivity contribution < 1.29 is 9.59 Å². The largest absolute Gasteiger partial charge is 0.329 e. The molecule has 1 N–H and O–H groups in total. The first-order valence-electron chi connectivity index (χ1n) is 11.5. The molecule has 2 aromatic carbocycles. The van der Waals surface area contributed by atoms with Gasteiger partial charge >= 0.3 is 0 Å². The van der Waals surface area contributed by atoms with Crippen LogP contribution in [0.25, 0.3) is 5.69 Å². The molecular formula is C27H33ClN4O2. The predicted molar refractivity (Wildman–Crippen MR) is 138 cm³/mol. The summed E-state index contributed by atoms with van der Waals surface area (Å²) in [5.74, 6) is 0.255. The lowest BCUT2D eigenvalue weighted by molar-refractivity contribution is -0.117. The van der Waals surface area contributed by atoms with Gasteiger partial charge in [-0.3, -0.25) is 9.59 Å². The molecule has 0 aliphatic carbocycles. The van der Waals surface area contributed by atoms with Crippen molar-refractivity contribution in [2.24, 2.45) is 5.92 Å². The van der Waals surface area contributed by atoms with Crippen molar-refractivity contribution in [3.8, 4) is 5.69 Å². The molecule has 0 spiro atoms. The van der Waals surface area contributed by atoms with Crippen LogP contribution in [0.5, 0.6) is 0 Å². The van der Waals surface area contributed by atoms with Crippen LogP contribution in [0.2, 0.25) is 5.02 Å². The summed E-state index contributed by atoms with van der Waals surface area (Å²) in [4.78, 5) is 27.9. The van der Waals surface area contributed by atoms with Crippen molar-refractivity contribution in [1.29, 1.82) is 0 Å². The van der Waals surface area contributed by atoms with Gasteiger partial charge in [-0.2, -0.15) is 5.10 Å². The third-order valence-corrected chi connectivity index (χ3v) is 5.60. The molecule has 0 unspecified atom stereocenters. The third kappa shape index (κ3) is 6.26. The Morgan fingerprint density at radius 1 is 1.09 bits per heavy atom. The Balaban J connectivity index is 1.89. The zero-order valence-electron chi connectivity index (χ0n) is 20.7. The molecule has 0 aliphatic rings. The van der Waals surface area contributed by atoms with Crippen LogP contribution < -0.4 is 5.32 Å². The molecule has 34 heavy (non-hydrogen) atoms. The highest BCUT2D eigenvalue weighted by Gasteiger charge is 2.24. The van der Waals surface area contributed by atoms with Gasteiger partial charge in [0.1, 0.15) is 12.4 Å². The van der Waals surface area contributed by atoms with Crippen molar-refractivity contribution in [1.82, 2.24) is 14.7 Å². The van der Waals surface area contributed by atoms with E-state index in [1.807, 2.05) is 51.1 Å². The number of nitrogens with zero attached hydrogens (tertiary/aromatic N) is 3. The summed E-state index contributed by atoms with van der Waals surface area (Å²) in [6.07, 6.45) is 0. The second-order valence-corrected chi connectivity index (χ2v) is 10.4. The van der Waals surface area contributed by atoms with Gasteiger partial charge in [0.05, 0.1) is 11.4 Å². The molecule has 1 heterocycles. The number of nitrogens with one attached hydrogen (secondary N) is 1. The molecule has 6 nitrogen and oxygen atoms in total. The Labute approximate surface area is 206 Å². The number of carbonyl (C=O) groups excluding carboxylic acids is 2. The molecule has 3 aromatic rings. The van der Waals surface area contributed by atoms with E-state index < -0.39 is 0 Å². The van der Waals surface area contributed by atoms with Crippen molar-refractivity contribution in [2.45, 2.75) is 47.0 Å². The molecule has 0 bridgehead atoms. The number of para-hydroxylation sites is 1. The summed E-state index contributed by atoms with van der Waals surface area (Å²) in [7, 11) is 0. The highest BCUT2D eigenvalue weighted by Crippen LogP contribution is 2.27. The van der Waals surface area contributed by atoms with E-state index in [2.05, 4.69) is 26.1 Å². The van der Waals surface area contributed by atoms with Gasteiger partial charge in [0, 0.05) is 28.6 Å². The molecule has 180 valence electrons. The number of benzene rings is 2. The molecule has 0 saturated carbocycles. The molecule has 0 fully saturated rings. The number of hydrogen-bond acceptors (Lipinski definition) is 3. The van der Waals surface area contributed by atoms with Gasteiger partial charge in [-0.1, -0.05) is 70.5 Å². The zero-order valence-corrected chi connectivity index (χ0v) is 21.5. The second kappa shape index (κ2) is 10.4. The van der Waals surface area contributed by atoms with E-state index in [-0.39, 0.29) is 29.7 Å². The van der Waals surface area contributed by atoms with E-state index in [1.165, 1.54) is 0 Å². The first-order valence-corrected chi connectivity index (χ1v) is 11.8. The van der Waals surface area contributed by atoms with Crippen LogP contribution in [-0.2, 0) is 10.2 Å². The number of aromatic nitrogens is 2. The van der Waals surface area contributed by atoms with E-state index in [0.717, 1.165) is 16.9 Å². The van der Waals surface area contributed by atoms with Crippen LogP contribution in [0.1, 0.15) is 56.2 Å². The Morgan fingerprint density at radius 2 is 1.79 bits per heavy atom.